The van der Waals surface area contributed by atoms with Gasteiger partial charge in [-0.15, -0.1) is 5.10 Å². The van der Waals surface area contributed by atoms with Gasteiger partial charge in [0.05, 0.1) is 18.3 Å². The number of rotatable bonds is 4. The van der Waals surface area contributed by atoms with Gasteiger partial charge in [0, 0.05) is 6.54 Å². The Morgan fingerprint density at radius 1 is 1.30 bits per heavy atom. The van der Waals surface area contributed by atoms with Crippen LogP contribution in [0.2, 0.25) is 0 Å². The van der Waals surface area contributed by atoms with Gasteiger partial charge in [-0.25, -0.2) is 9.78 Å². The molecule has 1 aliphatic carbocycles. The van der Waals surface area contributed by atoms with Crippen LogP contribution in [0.15, 0.2) is 12.4 Å². The summed E-state index contributed by atoms with van der Waals surface area (Å²) in [6, 6.07) is -0.451. The Kier molecular flexibility index (Phi) is 4.80. The van der Waals surface area contributed by atoms with Crippen molar-refractivity contribution in [2.45, 2.75) is 25.7 Å². The van der Waals surface area contributed by atoms with E-state index in [0.717, 1.165) is 19.3 Å². The van der Waals surface area contributed by atoms with Gasteiger partial charge in [0.2, 0.25) is 0 Å². The SMILES string of the molecule is O=C(NCC1CCCCC1C(=O)O)Nc1nccnn1. The zero-order valence-corrected chi connectivity index (χ0v) is 11.0. The van der Waals surface area contributed by atoms with Crippen LogP contribution in [0.3, 0.4) is 0 Å². The third-order valence-electron chi connectivity index (χ3n) is 3.46. The van der Waals surface area contributed by atoms with Crippen LogP contribution in [0.5, 0.6) is 0 Å². The minimum atomic E-state index is -0.785. The molecule has 8 nitrogen and oxygen atoms in total. The first-order chi connectivity index (χ1) is 9.66. The van der Waals surface area contributed by atoms with E-state index in [1.807, 2.05) is 0 Å². The second kappa shape index (κ2) is 6.78. The third-order valence-corrected chi connectivity index (χ3v) is 3.46. The van der Waals surface area contributed by atoms with Crippen molar-refractivity contribution in [3.05, 3.63) is 12.4 Å². The van der Waals surface area contributed by atoms with Crippen LogP contribution in [-0.2, 0) is 4.79 Å². The number of carboxylic acid groups (broad SMARTS) is 1. The van der Waals surface area contributed by atoms with E-state index in [4.69, 9.17) is 5.11 Å². The number of carbonyl (C=O) groups excluding carboxylic acids is 1. The number of carboxylic acids is 1. The number of carbonyl (C=O) groups is 2. The molecular weight excluding hydrogens is 262 g/mol. The molecule has 1 aromatic heterocycles. The lowest BCUT2D eigenvalue weighted by Crippen LogP contribution is -2.39. The molecule has 3 N–H and O–H groups in total. The molecule has 0 aromatic carbocycles. The summed E-state index contributed by atoms with van der Waals surface area (Å²) in [6.07, 6.45) is 6.26. The topological polar surface area (TPSA) is 117 Å². The van der Waals surface area contributed by atoms with Crippen molar-refractivity contribution in [2.24, 2.45) is 11.8 Å². The van der Waals surface area contributed by atoms with Crippen molar-refractivity contribution in [2.75, 3.05) is 11.9 Å². The van der Waals surface area contributed by atoms with E-state index in [0.29, 0.717) is 13.0 Å². The third kappa shape index (κ3) is 3.87. The van der Waals surface area contributed by atoms with Crippen LogP contribution in [0.4, 0.5) is 10.7 Å². The molecule has 2 amide bonds. The molecule has 0 spiro atoms. The lowest BCUT2D eigenvalue weighted by Gasteiger charge is -2.28. The first-order valence-electron chi connectivity index (χ1n) is 6.58. The molecule has 20 heavy (non-hydrogen) atoms. The van der Waals surface area contributed by atoms with E-state index < -0.39 is 12.0 Å². The molecule has 1 fully saturated rings. The van der Waals surface area contributed by atoms with E-state index in [-0.39, 0.29) is 17.8 Å². The Balaban J connectivity index is 1.81. The van der Waals surface area contributed by atoms with E-state index in [1.54, 1.807) is 0 Å². The second-order valence-electron chi connectivity index (χ2n) is 4.79. The molecule has 108 valence electrons. The number of anilines is 1. The summed E-state index contributed by atoms with van der Waals surface area (Å²) in [5.74, 6) is -1.07. The molecule has 1 saturated carbocycles. The quantitative estimate of drug-likeness (QED) is 0.753. The summed E-state index contributed by atoms with van der Waals surface area (Å²) < 4.78 is 0. The highest BCUT2D eigenvalue weighted by Gasteiger charge is 2.30. The second-order valence-corrected chi connectivity index (χ2v) is 4.79. The molecule has 1 heterocycles. The lowest BCUT2D eigenvalue weighted by molar-refractivity contribution is -0.144. The molecule has 1 aromatic rings. The summed E-state index contributed by atoms with van der Waals surface area (Å²) in [5.41, 5.74) is 0. The van der Waals surface area contributed by atoms with Crippen molar-refractivity contribution in [3.63, 3.8) is 0 Å². The number of nitrogens with zero attached hydrogens (tertiary/aromatic N) is 3. The fraction of sp³-hybridized carbons (Fsp3) is 0.583. The van der Waals surface area contributed by atoms with Crippen molar-refractivity contribution in [1.82, 2.24) is 20.5 Å². The Hall–Kier alpha value is -2.25. The van der Waals surface area contributed by atoms with Crippen molar-refractivity contribution in [1.29, 1.82) is 0 Å². The number of aromatic nitrogens is 3. The van der Waals surface area contributed by atoms with E-state index in [2.05, 4.69) is 25.8 Å². The van der Waals surface area contributed by atoms with Crippen molar-refractivity contribution >= 4 is 17.9 Å². The lowest BCUT2D eigenvalue weighted by atomic mass is 9.79. The van der Waals surface area contributed by atoms with Gasteiger partial charge in [-0.1, -0.05) is 12.8 Å². The molecule has 2 atom stereocenters. The zero-order chi connectivity index (χ0) is 14.4. The highest BCUT2D eigenvalue weighted by atomic mass is 16.4. The molecule has 2 unspecified atom stereocenters. The molecule has 1 aliphatic rings. The minimum Gasteiger partial charge on any atom is -0.481 e. The van der Waals surface area contributed by atoms with E-state index >= 15 is 0 Å². The first kappa shape index (κ1) is 14.2. The largest absolute Gasteiger partial charge is 0.481 e. The highest BCUT2D eigenvalue weighted by molar-refractivity contribution is 5.87. The highest BCUT2D eigenvalue weighted by Crippen LogP contribution is 2.29. The van der Waals surface area contributed by atoms with Gasteiger partial charge in [-0.05, 0) is 18.8 Å². The number of amides is 2. The maximum Gasteiger partial charge on any atom is 0.321 e. The minimum absolute atomic E-state index is 0.0261. The van der Waals surface area contributed by atoms with Crippen LogP contribution in [0.25, 0.3) is 0 Å². The summed E-state index contributed by atoms with van der Waals surface area (Å²) in [6.45, 7) is 0.336. The maximum atomic E-state index is 11.7. The Morgan fingerprint density at radius 2 is 2.10 bits per heavy atom. The predicted octanol–water partition coefficient (Wildman–Crippen LogP) is 0.884. The molecule has 0 radical (unpaired) electrons. The summed E-state index contributed by atoms with van der Waals surface area (Å²) >= 11 is 0. The number of hydrogen-bond donors (Lipinski definition) is 3. The van der Waals surface area contributed by atoms with Crippen molar-refractivity contribution in [3.8, 4) is 0 Å². The van der Waals surface area contributed by atoms with Gasteiger partial charge in [-0.3, -0.25) is 10.1 Å². The van der Waals surface area contributed by atoms with Crippen molar-refractivity contribution < 1.29 is 14.7 Å². The van der Waals surface area contributed by atoms with Gasteiger partial charge in [0.1, 0.15) is 0 Å². The van der Waals surface area contributed by atoms with Crippen LogP contribution in [-0.4, -0.2) is 38.8 Å². The summed E-state index contributed by atoms with van der Waals surface area (Å²) in [4.78, 5) is 26.6. The molecule has 8 heteroatoms. The normalized spacial score (nSPS) is 22.0. The predicted molar refractivity (Wildman–Crippen MR) is 69.9 cm³/mol. The van der Waals surface area contributed by atoms with Gasteiger partial charge >= 0.3 is 12.0 Å². The summed E-state index contributed by atoms with van der Waals surface area (Å²) in [7, 11) is 0. The average molecular weight is 279 g/mol. The van der Waals surface area contributed by atoms with E-state index in [1.165, 1.54) is 12.4 Å². The molecule has 2 rings (SSSR count). The molecule has 0 aliphatic heterocycles. The average Bonchev–Trinajstić information content (AvgIpc) is 2.46. The first-order valence-corrected chi connectivity index (χ1v) is 6.58. The van der Waals surface area contributed by atoms with Crippen LogP contribution in [0, 0.1) is 11.8 Å². The molecular formula is C12H17N5O3. The van der Waals surface area contributed by atoms with Crippen LogP contribution >= 0.6 is 0 Å². The zero-order valence-electron chi connectivity index (χ0n) is 11.0. The van der Waals surface area contributed by atoms with Crippen LogP contribution < -0.4 is 10.6 Å². The number of hydrogen-bond acceptors (Lipinski definition) is 5. The summed E-state index contributed by atoms with van der Waals surface area (Å²) in [5, 5.41) is 21.5. The van der Waals surface area contributed by atoms with E-state index in [9.17, 15) is 9.59 Å². The maximum absolute atomic E-state index is 11.7. The number of nitrogens with one attached hydrogen (secondary N) is 2. The number of aliphatic carboxylic acids is 1. The fourth-order valence-corrected chi connectivity index (χ4v) is 2.45. The van der Waals surface area contributed by atoms with Crippen LogP contribution in [0.1, 0.15) is 25.7 Å². The fourth-order valence-electron chi connectivity index (χ4n) is 2.45. The smallest absolute Gasteiger partial charge is 0.321 e. The monoisotopic (exact) mass is 279 g/mol. The Bertz CT molecular complexity index is 467. The molecule has 0 saturated heterocycles. The Labute approximate surface area is 116 Å². The molecule has 0 bridgehead atoms. The van der Waals surface area contributed by atoms with Gasteiger partial charge < -0.3 is 10.4 Å². The van der Waals surface area contributed by atoms with Gasteiger partial charge in [0.15, 0.2) is 0 Å². The number of urea groups is 1. The van der Waals surface area contributed by atoms with Gasteiger partial charge in [-0.2, -0.15) is 5.10 Å². The standard InChI is InChI=1S/C12H17N5O3/c18-10(19)9-4-2-1-3-8(9)7-14-12(20)16-11-13-5-6-15-17-11/h5-6,8-9H,1-4,7H2,(H,18,19)(H2,13,14,16,17,20). The van der Waals surface area contributed by atoms with Gasteiger partial charge in [0.25, 0.3) is 5.95 Å². The Morgan fingerprint density at radius 3 is 2.80 bits per heavy atom.